The fraction of sp³-hybridized carbons (Fsp3) is 0.600. The van der Waals surface area contributed by atoms with Crippen LogP contribution in [0.15, 0.2) is 18.3 Å². The highest BCUT2D eigenvalue weighted by atomic mass is 16.5. The highest BCUT2D eigenvalue weighted by Gasteiger charge is 2.40. The van der Waals surface area contributed by atoms with Crippen molar-refractivity contribution in [2.45, 2.75) is 50.2 Å². The van der Waals surface area contributed by atoms with Crippen molar-refractivity contribution in [2.75, 3.05) is 6.61 Å². The van der Waals surface area contributed by atoms with Crippen LogP contribution in [0.3, 0.4) is 0 Å². The van der Waals surface area contributed by atoms with Gasteiger partial charge in [-0.2, -0.15) is 0 Å². The maximum Gasteiger partial charge on any atom is 0.358 e. The molecule has 0 amide bonds. The third-order valence-electron chi connectivity index (χ3n) is 4.23. The Hall–Kier alpha value is -1.62. The van der Waals surface area contributed by atoms with E-state index in [1.54, 1.807) is 12.1 Å². The van der Waals surface area contributed by atoms with Crippen LogP contribution in [0.4, 0.5) is 0 Å². The zero-order valence-corrected chi connectivity index (χ0v) is 11.4. The van der Waals surface area contributed by atoms with Crippen molar-refractivity contribution in [1.29, 1.82) is 0 Å². The Bertz CT molecular complexity index is 496. The minimum Gasteiger partial charge on any atom is -0.488 e. The second kappa shape index (κ2) is 5.40. The minimum absolute atomic E-state index is 0.0144. The van der Waals surface area contributed by atoms with Crippen molar-refractivity contribution < 1.29 is 19.4 Å². The number of carboxylic acids is 1. The maximum atomic E-state index is 11.1. The lowest BCUT2D eigenvalue weighted by Gasteiger charge is -2.38. The first-order chi connectivity index (χ1) is 9.69. The van der Waals surface area contributed by atoms with Crippen LogP contribution >= 0.6 is 0 Å². The summed E-state index contributed by atoms with van der Waals surface area (Å²) >= 11 is 0. The number of aromatic carboxylic acids is 1. The molecular weight excluding hydrogens is 258 g/mol. The van der Waals surface area contributed by atoms with Gasteiger partial charge in [0.2, 0.25) is 0 Å². The second-order valence-corrected chi connectivity index (χ2v) is 5.63. The van der Waals surface area contributed by atoms with Gasteiger partial charge >= 0.3 is 5.97 Å². The molecule has 5 nitrogen and oxygen atoms in total. The molecule has 108 valence electrons. The van der Waals surface area contributed by atoms with E-state index < -0.39 is 5.97 Å². The fourth-order valence-electron chi connectivity index (χ4n) is 3.28. The van der Waals surface area contributed by atoms with Crippen LogP contribution in [0.5, 0.6) is 5.75 Å². The van der Waals surface area contributed by atoms with Crippen molar-refractivity contribution in [2.24, 2.45) is 0 Å². The molecule has 5 heteroatoms. The predicted octanol–water partition coefficient (Wildman–Crippen LogP) is 2.65. The molecule has 1 N–H and O–H groups in total. The van der Waals surface area contributed by atoms with Gasteiger partial charge in [-0.3, -0.25) is 0 Å². The molecule has 1 aliphatic heterocycles. The Kier molecular flexibility index (Phi) is 3.61. The Morgan fingerprint density at radius 1 is 1.45 bits per heavy atom. The summed E-state index contributed by atoms with van der Waals surface area (Å²) in [5.74, 6) is -0.691. The number of rotatable bonds is 3. The van der Waals surface area contributed by atoms with Crippen LogP contribution in [0.25, 0.3) is 0 Å². The van der Waals surface area contributed by atoms with Crippen LogP contribution in [0, 0.1) is 0 Å². The van der Waals surface area contributed by atoms with E-state index in [1.807, 2.05) is 0 Å². The largest absolute Gasteiger partial charge is 0.488 e. The highest BCUT2D eigenvalue weighted by molar-refractivity contribution is 5.88. The van der Waals surface area contributed by atoms with E-state index >= 15 is 0 Å². The van der Waals surface area contributed by atoms with Gasteiger partial charge in [0.1, 0.15) is 6.10 Å². The molecule has 1 aliphatic carbocycles. The summed E-state index contributed by atoms with van der Waals surface area (Å²) in [5.41, 5.74) is -0.0476. The minimum atomic E-state index is -1.05. The van der Waals surface area contributed by atoms with Gasteiger partial charge in [0, 0.05) is 19.0 Å². The number of ether oxygens (including phenoxy) is 2. The van der Waals surface area contributed by atoms with Crippen molar-refractivity contribution in [1.82, 2.24) is 4.98 Å². The summed E-state index contributed by atoms with van der Waals surface area (Å²) in [4.78, 5) is 15.0. The highest BCUT2D eigenvalue weighted by Crippen LogP contribution is 2.41. The van der Waals surface area contributed by atoms with Crippen LogP contribution in [-0.2, 0) is 4.74 Å². The zero-order valence-electron chi connectivity index (χ0n) is 11.4. The predicted molar refractivity (Wildman–Crippen MR) is 72.0 cm³/mol. The van der Waals surface area contributed by atoms with Crippen molar-refractivity contribution in [3.05, 3.63) is 24.0 Å². The van der Waals surface area contributed by atoms with Gasteiger partial charge in [0.25, 0.3) is 0 Å². The summed E-state index contributed by atoms with van der Waals surface area (Å²) in [6.45, 7) is 0.688. The van der Waals surface area contributed by atoms with Gasteiger partial charge in [-0.15, -0.1) is 0 Å². The Labute approximate surface area is 117 Å². The lowest BCUT2D eigenvalue weighted by molar-refractivity contribution is -0.108. The van der Waals surface area contributed by atoms with Gasteiger partial charge in [-0.1, -0.05) is 12.8 Å². The van der Waals surface area contributed by atoms with Crippen LogP contribution in [0.2, 0.25) is 0 Å². The average molecular weight is 277 g/mol. The molecule has 1 saturated carbocycles. The van der Waals surface area contributed by atoms with E-state index in [4.69, 9.17) is 14.6 Å². The molecule has 0 radical (unpaired) electrons. The normalized spacial score (nSPS) is 24.7. The van der Waals surface area contributed by atoms with E-state index in [1.165, 1.54) is 19.0 Å². The van der Waals surface area contributed by atoms with Crippen molar-refractivity contribution in [3.63, 3.8) is 0 Å². The van der Waals surface area contributed by atoms with Crippen LogP contribution in [-0.4, -0.2) is 34.4 Å². The van der Waals surface area contributed by atoms with Crippen molar-refractivity contribution in [3.8, 4) is 5.75 Å². The zero-order chi connectivity index (χ0) is 14.0. The maximum absolute atomic E-state index is 11.1. The SMILES string of the molecule is O=C(O)c1ncccc1OC1CCOC2(CCCC2)C1. The molecule has 2 heterocycles. The monoisotopic (exact) mass is 277 g/mol. The Balaban J connectivity index is 1.73. The summed E-state index contributed by atoms with van der Waals surface area (Å²) in [7, 11) is 0. The number of carbonyl (C=O) groups is 1. The number of nitrogens with zero attached hydrogens (tertiary/aromatic N) is 1. The molecule has 1 aromatic rings. The van der Waals surface area contributed by atoms with E-state index in [9.17, 15) is 4.79 Å². The van der Waals surface area contributed by atoms with Gasteiger partial charge in [-0.25, -0.2) is 9.78 Å². The first-order valence-corrected chi connectivity index (χ1v) is 7.17. The molecular formula is C15H19NO4. The molecule has 0 aromatic carbocycles. The lowest BCUT2D eigenvalue weighted by atomic mass is 9.90. The van der Waals surface area contributed by atoms with Crippen LogP contribution in [0.1, 0.15) is 49.0 Å². The molecule has 1 atom stereocenters. The first-order valence-electron chi connectivity index (χ1n) is 7.17. The first kappa shape index (κ1) is 13.4. The van der Waals surface area contributed by atoms with E-state index in [0.717, 1.165) is 25.7 Å². The summed E-state index contributed by atoms with van der Waals surface area (Å²) < 4.78 is 11.9. The third kappa shape index (κ3) is 2.63. The van der Waals surface area contributed by atoms with Crippen molar-refractivity contribution >= 4 is 5.97 Å². The van der Waals surface area contributed by atoms with Gasteiger partial charge < -0.3 is 14.6 Å². The standard InChI is InChI=1S/C15H19NO4/c17-14(18)13-12(4-3-8-16-13)20-11-5-9-19-15(10-11)6-1-2-7-15/h3-4,8,11H,1-2,5-7,9-10H2,(H,17,18). The number of aromatic nitrogens is 1. The number of pyridine rings is 1. The van der Waals surface area contributed by atoms with Gasteiger partial charge in [0.15, 0.2) is 11.4 Å². The molecule has 2 fully saturated rings. The summed E-state index contributed by atoms with van der Waals surface area (Å²) in [6, 6.07) is 3.37. The quantitative estimate of drug-likeness (QED) is 0.919. The van der Waals surface area contributed by atoms with E-state index in [-0.39, 0.29) is 17.4 Å². The Morgan fingerprint density at radius 2 is 2.25 bits per heavy atom. The average Bonchev–Trinajstić information content (AvgIpc) is 2.87. The van der Waals surface area contributed by atoms with E-state index in [2.05, 4.69) is 4.98 Å². The number of hydrogen-bond donors (Lipinski definition) is 1. The van der Waals surface area contributed by atoms with Gasteiger partial charge in [-0.05, 0) is 25.0 Å². The topological polar surface area (TPSA) is 68.7 Å². The molecule has 1 spiro atoms. The number of carboxylic acid groups (broad SMARTS) is 1. The third-order valence-corrected chi connectivity index (χ3v) is 4.23. The fourth-order valence-corrected chi connectivity index (χ4v) is 3.28. The molecule has 1 unspecified atom stereocenters. The number of hydrogen-bond acceptors (Lipinski definition) is 4. The van der Waals surface area contributed by atoms with Gasteiger partial charge in [0.05, 0.1) is 12.2 Å². The molecule has 0 bridgehead atoms. The molecule has 1 aromatic heterocycles. The molecule has 3 rings (SSSR count). The Morgan fingerprint density at radius 3 is 3.00 bits per heavy atom. The molecule has 1 saturated heterocycles. The lowest BCUT2D eigenvalue weighted by Crippen LogP contribution is -2.41. The molecule has 2 aliphatic rings. The smallest absolute Gasteiger partial charge is 0.358 e. The van der Waals surface area contributed by atoms with Crippen LogP contribution < -0.4 is 4.74 Å². The second-order valence-electron chi connectivity index (χ2n) is 5.63. The summed E-state index contributed by atoms with van der Waals surface area (Å²) in [5, 5.41) is 9.13. The summed E-state index contributed by atoms with van der Waals surface area (Å²) in [6.07, 6.45) is 7.73. The van der Waals surface area contributed by atoms with E-state index in [0.29, 0.717) is 12.4 Å². The molecule has 20 heavy (non-hydrogen) atoms.